The van der Waals surface area contributed by atoms with E-state index in [1.807, 2.05) is 44.2 Å². The van der Waals surface area contributed by atoms with Crippen LogP contribution in [0.5, 0.6) is 5.75 Å². The van der Waals surface area contributed by atoms with Crippen LogP contribution in [0.25, 0.3) is 0 Å². The second kappa shape index (κ2) is 16.0. The highest BCUT2D eigenvalue weighted by Crippen LogP contribution is 2.35. The molecule has 0 aliphatic carbocycles. The van der Waals surface area contributed by atoms with E-state index >= 15 is 0 Å². The smallest absolute Gasteiger partial charge is 0.264 e. The molecule has 0 unspecified atom stereocenters. The molecule has 0 saturated carbocycles. The largest absolute Gasteiger partial charge is 0.495 e. The predicted molar refractivity (Wildman–Crippen MR) is 183 cm³/mol. The molecule has 1 N–H and O–H groups in total. The molecule has 242 valence electrons. The van der Waals surface area contributed by atoms with Crippen LogP contribution in [0.2, 0.25) is 10.0 Å². The molecular formula is C35H37Cl2N3O5S. The summed E-state index contributed by atoms with van der Waals surface area (Å²) in [6.45, 7) is 3.20. The van der Waals surface area contributed by atoms with Gasteiger partial charge in [-0.2, -0.15) is 0 Å². The number of hydrogen-bond acceptors (Lipinski definition) is 5. The van der Waals surface area contributed by atoms with Crippen LogP contribution in [0.1, 0.15) is 31.4 Å². The summed E-state index contributed by atoms with van der Waals surface area (Å²) in [5.41, 5.74) is 1.59. The van der Waals surface area contributed by atoms with E-state index in [2.05, 4.69) is 5.32 Å². The number of benzene rings is 4. The first-order valence-corrected chi connectivity index (χ1v) is 17.0. The molecule has 8 nitrogen and oxygen atoms in total. The number of ether oxygens (including phenoxy) is 1. The monoisotopic (exact) mass is 681 g/mol. The maximum atomic E-state index is 14.6. The van der Waals surface area contributed by atoms with Crippen LogP contribution in [0.3, 0.4) is 0 Å². The number of nitrogens with one attached hydrogen (secondary N) is 1. The molecule has 0 bridgehead atoms. The number of halogens is 2. The average Bonchev–Trinajstić information content (AvgIpc) is 3.05. The van der Waals surface area contributed by atoms with E-state index in [4.69, 9.17) is 27.9 Å². The van der Waals surface area contributed by atoms with Gasteiger partial charge >= 0.3 is 0 Å². The number of carbonyl (C=O) groups excluding carboxylic acids is 2. The SMILES string of the molecule is CC[C@@H](C)NC(=O)[C@H](Cc1ccccc1)N(Cc1cccc(Cl)c1)C(=O)CN(c1cc(Cl)ccc1OC)S(=O)(=O)c1ccccc1. The number of methoxy groups -OCH3 is 1. The van der Waals surface area contributed by atoms with Gasteiger partial charge in [0.05, 0.1) is 17.7 Å². The van der Waals surface area contributed by atoms with E-state index in [1.165, 1.54) is 36.3 Å². The maximum Gasteiger partial charge on any atom is 0.264 e. The van der Waals surface area contributed by atoms with Gasteiger partial charge in [-0.15, -0.1) is 0 Å². The van der Waals surface area contributed by atoms with Crippen LogP contribution in [0.15, 0.2) is 108 Å². The third kappa shape index (κ3) is 8.81. The zero-order valence-corrected chi connectivity index (χ0v) is 28.2. The molecule has 4 aromatic rings. The lowest BCUT2D eigenvalue weighted by atomic mass is 10.0. The lowest BCUT2D eigenvalue weighted by Crippen LogP contribution is -2.54. The minimum atomic E-state index is -4.31. The third-order valence-corrected chi connectivity index (χ3v) is 9.78. The molecule has 46 heavy (non-hydrogen) atoms. The molecule has 0 aliphatic rings. The van der Waals surface area contributed by atoms with E-state index in [1.54, 1.807) is 48.5 Å². The average molecular weight is 683 g/mol. The van der Waals surface area contributed by atoms with Gasteiger partial charge in [0, 0.05) is 29.1 Å². The zero-order valence-electron chi connectivity index (χ0n) is 25.9. The van der Waals surface area contributed by atoms with E-state index < -0.39 is 28.5 Å². The quantitative estimate of drug-likeness (QED) is 0.159. The van der Waals surface area contributed by atoms with Crippen molar-refractivity contribution in [2.24, 2.45) is 0 Å². The molecule has 11 heteroatoms. The van der Waals surface area contributed by atoms with Crippen molar-refractivity contribution >= 4 is 50.7 Å². The van der Waals surface area contributed by atoms with Crippen molar-refractivity contribution < 1.29 is 22.7 Å². The summed E-state index contributed by atoms with van der Waals surface area (Å²) < 4.78 is 34.9. The van der Waals surface area contributed by atoms with Gasteiger partial charge < -0.3 is 15.0 Å². The van der Waals surface area contributed by atoms with Crippen molar-refractivity contribution in [1.29, 1.82) is 0 Å². The topological polar surface area (TPSA) is 96.0 Å². The number of sulfonamides is 1. The van der Waals surface area contributed by atoms with E-state index in [9.17, 15) is 18.0 Å². The summed E-state index contributed by atoms with van der Waals surface area (Å²) in [7, 11) is -2.91. The van der Waals surface area contributed by atoms with Gasteiger partial charge in [-0.1, -0.05) is 90.8 Å². The minimum absolute atomic E-state index is 0.00325. The second-order valence-electron chi connectivity index (χ2n) is 10.8. The van der Waals surface area contributed by atoms with Crippen LogP contribution in [0, 0.1) is 0 Å². The molecule has 0 heterocycles. The molecule has 0 aromatic heterocycles. The first-order chi connectivity index (χ1) is 22.0. The Labute approximate surface area is 280 Å². The second-order valence-corrected chi connectivity index (χ2v) is 13.6. The van der Waals surface area contributed by atoms with E-state index in [-0.39, 0.29) is 46.3 Å². The number of amides is 2. The van der Waals surface area contributed by atoms with Crippen molar-refractivity contribution in [1.82, 2.24) is 10.2 Å². The Bertz CT molecular complexity index is 1740. The van der Waals surface area contributed by atoms with Crippen molar-refractivity contribution in [3.63, 3.8) is 0 Å². The maximum absolute atomic E-state index is 14.6. The van der Waals surface area contributed by atoms with Gasteiger partial charge in [0.2, 0.25) is 11.8 Å². The Balaban J connectivity index is 1.85. The first-order valence-electron chi connectivity index (χ1n) is 14.8. The van der Waals surface area contributed by atoms with Crippen LogP contribution in [-0.2, 0) is 32.6 Å². The molecule has 0 saturated heterocycles. The summed E-state index contributed by atoms with van der Waals surface area (Å²) in [6.07, 6.45) is 0.880. The van der Waals surface area contributed by atoms with Gasteiger partial charge in [-0.3, -0.25) is 13.9 Å². The summed E-state index contributed by atoms with van der Waals surface area (Å²) in [4.78, 5) is 29.9. The lowest BCUT2D eigenvalue weighted by Gasteiger charge is -2.34. The summed E-state index contributed by atoms with van der Waals surface area (Å²) in [6, 6.07) is 27.6. The fourth-order valence-corrected chi connectivity index (χ4v) is 6.73. The standard InChI is InChI=1S/C35H37Cl2N3O5S/c1-4-25(2)38-35(42)32(21-26-12-7-5-8-13-26)39(23-27-14-11-15-28(36)20-27)34(41)24-40(31-22-29(37)18-19-33(31)45-3)46(43,44)30-16-9-6-10-17-30/h5-20,22,25,32H,4,21,23-24H2,1-3H3,(H,38,42)/t25-,32+/m1/s1. The van der Waals surface area contributed by atoms with Crippen molar-refractivity contribution in [2.75, 3.05) is 18.0 Å². The van der Waals surface area contributed by atoms with Crippen molar-refractivity contribution in [2.45, 2.75) is 50.2 Å². The van der Waals surface area contributed by atoms with Gasteiger partial charge in [-0.25, -0.2) is 8.42 Å². The number of rotatable bonds is 14. The van der Waals surface area contributed by atoms with Crippen molar-refractivity contribution in [3.8, 4) is 5.75 Å². The molecule has 2 atom stereocenters. The molecular weight excluding hydrogens is 645 g/mol. The fraction of sp³-hybridized carbons (Fsp3) is 0.257. The summed E-state index contributed by atoms with van der Waals surface area (Å²) >= 11 is 12.7. The first kappa shape index (κ1) is 34.8. The van der Waals surface area contributed by atoms with Crippen LogP contribution < -0.4 is 14.4 Å². The third-order valence-electron chi connectivity index (χ3n) is 7.53. The van der Waals surface area contributed by atoms with Crippen LogP contribution in [-0.4, -0.2) is 50.9 Å². The van der Waals surface area contributed by atoms with Gasteiger partial charge in [-0.05, 0) is 66.9 Å². The number of anilines is 1. The zero-order chi connectivity index (χ0) is 33.3. The Morgan fingerprint density at radius 1 is 0.848 bits per heavy atom. The summed E-state index contributed by atoms with van der Waals surface area (Å²) in [5, 5.41) is 3.74. The number of carbonyl (C=O) groups is 2. The summed E-state index contributed by atoms with van der Waals surface area (Å²) in [5.74, 6) is -0.762. The number of nitrogens with zero attached hydrogens (tertiary/aromatic N) is 2. The highest BCUT2D eigenvalue weighted by Gasteiger charge is 2.36. The van der Waals surface area contributed by atoms with Gasteiger partial charge in [0.15, 0.2) is 0 Å². The highest BCUT2D eigenvalue weighted by molar-refractivity contribution is 7.92. The van der Waals surface area contributed by atoms with E-state index in [0.717, 1.165) is 9.87 Å². The highest BCUT2D eigenvalue weighted by atomic mass is 35.5. The van der Waals surface area contributed by atoms with E-state index in [0.29, 0.717) is 17.0 Å². The molecule has 2 amide bonds. The van der Waals surface area contributed by atoms with Crippen LogP contribution in [0.4, 0.5) is 5.69 Å². The van der Waals surface area contributed by atoms with Gasteiger partial charge in [0.1, 0.15) is 18.3 Å². The van der Waals surface area contributed by atoms with Crippen molar-refractivity contribution in [3.05, 3.63) is 124 Å². The molecule has 4 aromatic carbocycles. The molecule has 0 spiro atoms. The Hall–Kier alpha value is -4.05. The van der Waals surface area contributed by atoms with Gasteiger partial charge in [0.25, 0.3) is 10.0 Å². The molecule has 0 aliphatic heterocycles. The fourth-order valence-electron chi connectivity index (χ4n) is 4.92. The Morgan fingerprint density at radius 3 is 2.11 bits per heavy atom. The predicted octanol–water partition coefficient (Wildman–Crippen LogP) is 6.75. The Morgan fingerprint density at radius 2 is 1.48 bits per heavy atom. The molecule has 0 fully saturated rings. The number of hydrogen-bond donors (Lipinski definition) is 1. The lowest BCUT2D eigenvalue weighted by molar-refractivity contribution is -0.140. The Kier molecular flexibility index (Phi) is 12.1. The molecule has 0 radical (unpaired) electrons. The molecule has 4 rings (SSSR count). The minimum Gasteiger partial charge on any atom is -0.495 e. The van der Waals surface area contributed by atoms with Crippen LogP contribution >= 0.6 is 23.2 Å². The normalized spacial score (nSPS) is 12.5.